The molecule has 1 aliphatic rings. The molecule has 0 fully saturated rings. The van der Waals surface area contributed by atoms with Gasteiger partial charge in [0.2, 0.25) is 0 Å². The van der Waals surface area contributed by atoms with Crippen molar-refractivity contribution in [3.63, 3.8) is 0 Å². The average Bonchev–Trinajstić information content (AvgIpc) is 3.08. The second-order valence-electron chi connectivity index (χ2n) is 7.30. The fourth-order valence-corrected chi connectivity index (χ4v) is 2.71. The quantitative estimate of drug-likeness (QED) is 0.889. The molecule has 2 aromatic rings. The van der Waals surface area contributed by atoms with Crippen molar-refractivity contribution in [3.8, 4) is 11.1 Å². The van der Waals surface area contributed by atoms with Crippen molar-refractivity contribution in [2.45, 2.75) is 38.9 Å². The van der Waals surface area contributed by atoms with E-state index in [1.54, 1.807) is 0 Å². The van der Waals surface area contributed by atoms with Crippen molar-refractivity contribution >= 4 is 11.8 Å². The van der Waals surface area contributed by atoms with Gasteiger partial charge in [0.25, 0.3) is 0 Å². The van der Waals surface area contributed by atoms with Crippen molar-refractivity contribution in [1.29, 1.82) is 0 Å². The number of benzene rings is 2. The maximum Gasteiger partial charge on any atom is 0.407 e. The van der Waals surface area contributed by atoms with Crippen molar-refractivity contribution in [1.82, 2.24) is 5.32 Å². The molecule has 0 radical (unpaired) electrons. The number of nitrogens with zero attached hydrogens (tertiary/aromatic N) is 1. The Labute approximate surface area is 154 Å². The molecule has 0 aromatic heterocycles. The minimum absolute atomic E-state index is 0.175. The first-order valence-corrected chi connectivity index (χ1v) is 8.76. The van der Waals surface area contributed by atoms with E-state index in [4.69, 9.17) is 9.57 Å². The highest BCUT2D eigenvalue weighted by atomic mass is 16.6. The van der Waals surface area contributed by atoms with E-state index in [9.17, 15) is 4.79 Å². The molecule has 5 heteroatoms. The van der Waals surface area contributed by atoms with Gasteiger partial charge in [0.1, 0.15) is 5.60 Å². The SMILES string of the molecule is CC(C)(C)OC(=O)NCC1CC(c2ccc(-c3ccccc3)cc2)=NO1. The van der Waals surface area contributed by atoms with Crippen LogP contribution in [-0.2, 0) is 9.57 Å². The van der Waals surface area contributed by atoms with Crippen LogP contribution in [0, 0.1) is 0 Å². The zero-order chi connectivity index (χ0) is 18.6. The molecule has 0 spiro atoms. The number of amides is 1. The number of carbonyl (C=O) groups is 1. The summed E-state index contributed by atoms with van der Waals surface area (Å²) >= 11 is 0. The van der Waals surface area contributed by atoms with Crippen molar-refractivity contribution < 1.29 is 14.4 Å². The van der Waals surface area contributed by atoms with Gasteiger partial charge in [-0.3, -0.25) is 0 Å². The molecule has 1 atom stereocenters. The monoisotopic (exact) mass is 352 g/mol. The molecule has 0 saturated carbocycles. The Balaban J connectivity index is 1.53. The Morgan fingerprint density at radius 3 is 2.35 bits per heavy atom. The lowest BCUT2D eigenvalue weighted by molar-refractivity contribution is 0.0439. The zero-order valence-electron chi connectivity index (χ0n) is 15.4. The predicted octanol–water partition coefficient (Wildman–Crippen LogP) is 4.37. The molecule has 1 heterocycles. The van der Waals surface area contributed by atoms with Crippen LogP contribution in [0.4, 0.5) is 4.79 Å². The molecular weight excluding hydrogens is 328 g/mol. The molecule has 0 aliphatic carbocycles. The third kappa shape index (κ3) is 4.85. The van der Waals surface area contributed by atoms with E-state index in [0.29, 0.717) is 13.0 Å². The highest BCUT2D eigenvalue weighted by Crippen LogP contribution is 2.22. The highest BCUT2D eigenvalue weighted by molar-refractivity contribution is 6.01. The number of alkyl carbamates (subject to hydrolysis) is 1. The Kier molecular flexibility index (Phi) is 5.26. The molecule has 26 heavy (non-hydrogen) atoms. The summed E-state index contributed by atoms with van der Waals surface area (Å²) in [6, 6.07) is 18.5. The largest absolute Gasteiger partial charge is 0.444 e. The smallest absolute Gasteiger partial charge is 0.407 e. The number of hydrogen-bond acceptors (Lipinski definition) is 4. The van der Waals surface area contributed by atoms with Crippen LogP contribution in [-0.4, -0.2) is 30.1 Å². The van der Waals surface area contributed by atoms with Gasteiger partial charge in [0.15, 0.2) is 6.10 Å². The lowest BCUT2D eigenvalue weighted by Gasteiger charge is -2.20. The number of oxime groups is 1. The van der Waals surface area contributed by atoms with Crippen molar-refractivity contribution in [3.05, 3.63) is 60.2 Å². The van der Waals surface area contributed by atoms with E-state index in [0.717, 1.165) is 16.8 Å². The van der Waals surface area contributed by atoms with Crippen LogP contribution >= 0.6 is 0 Å². The fraction of sp³-hybridized carbons (Fsp3) is 0.333. The fourth-order valence-electron chi connectivity index (χ4n) is 2.71. The predicted molar refractivity (Wildman–Crippen MR) is 102 cm³/mol. The van der Waals surface area contributed by atoms with Crippen LogP contribution in [0.3, 0.4) is 0 Å². The Morgan fingerprint density at radius 2 is 1.69 bits per heavy atom. The maximum absolute atomic E-state index is 11.7. The van der Waals surface area contributed by atoms with Gasteiger partial charge < -0.3 is 14.9 Å². The highest BCUT2D eigenvalue weighted by Gasteiger charge is 2.24. The van der Waals surface area contributed by atoms with E-state index in [-0.39, 0.29) is 6.10 Å². The lowest BCUT2D eigenvalue weighted by Crippen LogP contribution is -2.37. The minimum atomic E-state index is -0.511. The third-order valence-corrected chi connectivity index (χ3v) is 3.93. The zero-order valence-corrected chi connectivity index (χ0v) is 15.4. The van der Waals surface area contributed by atoms with E-state index in [2.05, 4.69) is 34.7 Å². The summed E-state index contributed by atoms with van der Waals surface area (Å²) in [5.74, 6) is 0. The molecule has 136 valence electrons. The van der Waals surface area contributed by atoms with E-state index in [1.165, 1.54) is 5.56 Å². The van der Waals surface area contributed by atoms with Gasteiger partial charge in [-0.25, -0.2) is 4.79 Å². The topological polar surface area (TPSA) is 59.9 Å². The molecule has 5 nitrogen and oxygen atoms in total. The van der Waals surface area contributed by atoms with Gasteiger partial charge >= 0.3 is 6.09 Å². The van der Waals surface area contributed by atoms with E-state index < -0.39 is 11.7 Å². The van der Waals surface area contributed by atoms with Crippen LogP contribution in [0.1, 0.15) is 32.8 Å². The molecule has 1 N–H and O–H groups in total. The van der Waals surface area contributed by atoms with Gasteiger partial charge in [0.05, 0.1) is 12.3 Å². The van der Waals surface area contributed by atoms with Gasteiger partial charge in [-0.2, -0.15) is 0 Å². The van der Waals surface area contributed by atoms with E-state index in [1.807, 2.05) is 51.1 Å². The Morgan fingerprint density at radius 1 is 1.08 bits per heavy atom. The summed E-state index contributed by atoms with van der Waals surface area (Å²) in [7, 11) is 0. The van der Waals surface area contributed by atoms with Crippen LogP contribution < -0.4 is 5.32 Å². The van der Waals surface area contributed by atoms with Crippen LogP contribution in [0.2, 0.25) is 0 Å². The molecule has 1 unspecified atom stereocenters. The number of rotatable bonds is 4. The lowest BCUT2D eigenvalue weighted by atomic mass is 10.0. The normalized spacial score (nSPS) is 16.6. The summed E-state index contributed by atoms with van der Waals surface area (Å²) in [4.78, 5) is 17.1. The third-order valence-electron chi connectivity index (χ3n) is 3.93. The Bertz CT molecular complexity index is 777. The molecule has 1 amide bonds. The second kappa shape index (κ2) is 7.60. The molecule has 0 saturated heterocycles. The number of nitrogens with one attached hydrogen (secondary N) is 1. The van der Waals surface area contributed by atoms with Crippen LogP contribution in [0.5, 0.6) is 0 Å². The number of ether oxygens (including phenoxy) is 1. The number of carbonyl (C=O) groups excluding carboxylic acids is 1. The van der Waals surface area contributed by atoms with Crippen LogP contribution in [0.25, 0.3) is 11.1 Å². The Hall–Kier alpha value is -2.82. The first-order valence-electron chi connectivity index (χ1n) is 8.76. The number of hydrogen-bond donors (Lipinski definition) is 1. The average molecular weight is 352 g/mol. The van der Waals surface area contributed by atoms with Crippen LogP contribution in [0.15, 0.2) is 59.8 Å². The van der Waals surface area contributed by atoms with E-state index >= 15 is 0 Å². The molecular formula is C21H24N2O3. The summed E-state index contributed by atoms with van der Waals surface area (Å²) < 4.78 is 5.22. The molecule has 3 rings (SSSR count). The van der Waals surface area contributed by atoms with Gasteiger partial charge in [0, 0.05) is 6.42 Å². The van der Waals surface area contributed by atoms with Gasteiger partial charge in [-0.15, -0.1) is 0 Å². The first-order chi connectivity index (χ1) is 12.4. The molecule has 1 aliphatic heterocycles. The summed E-state index contributed by atoms with van der Waals surface area (Å²) in [6.07, 6.45) is 0.0357. The van der Waals surface area contributed by atoms with Crippen molar-refractivity contribution in [2.24, 2.45) is 5.16 Å². The standard InChI is InChI=1S/C21H24N2O3/c1-21(2,3)25-20(24)22-14-18-13-19(23-26-18)17-11-9-16(10-12-17)15-7-5-4-6-8-15/h4-12,18H,13-14H2,1-3H3,(H,22,24). The summed E-state index contributed by atoms with van der Waals surface area (Å²) in [6.45, 7) is 5.86. The molecule has 2 aromatic carbocycles. The van der Waals surface area contributed by atoms with Gasteiger partial charge in [-0.05, 0) is 37.5 Å². The minimum Gasteiger partial charge on any atom is -0.444 e. The maximum atomic E-state index is 11.7. The van der Waals surface area contributed by atoms with Crippen molar-refractivity contribution in [2.75, 3.05) is 6.54 Å². The summed E-state index contributed by atoms with van der Waals surface area (Å²) in [5, 5.41) is 6.89. The second-order valence-corrected chi connectivity index (χ2v) is 7.30. The first kappa shape index (κ1) is 18.0. The molecule has 0 bridgehead atoms. The van der Waals surface area contributed by atoms with Gasteiger partial charge in [-0.1, -0.05) is 59.8 Å². The summed E-state index contributed by atoms with van der Waals surface area (Å²) in [5.41, 5.74) is 3.76.